The number of nitrogens with zero attached hydrogens (tertiary/aromatic N) is 2. The Balaban J connectivity index is 2.25. The van der Waals surface area contributed by atoms with E-state index >= 15 is 0 Å². The molecule has 3 rings (SSSR count). The maximum absolute atomic E-state index is 12.5. The summed E-state index contributed by atoms with van der Waals surface area (Å²) in [5.41, 5.74) is 5.45. The highest BCUT2D eigenvalue weighted by atomic mass is 16.6. The number of aryl methyl sites for hydroxylation is 2. The van der Waals surface area contributed by atoms with E-state index in [0.29, 0.717) is 16.5 Å². The first-order chi connectivity index (χ1) is 12.7. The van der Waals surface area contributed by atoms with Crippen LogP contribution in [0.25, 0.3) is 11.0 Å². The second-order valence-electron chi connectivity index (χ2n) is 6.19. The molecule has 0 saturated heterocycles. The lowest BCUT2D eigenvalue weighted by atomic mass is 10.0. The van der Waals surface area contributed by atoms with Crippen molar-refractivity contribution in [1.82, 2.24) is 4.57 Å². The number of nitro groups is 1. The van der Waals surface area contributed by atoms with Crippen molar-refractivity contribution in [3.63, 3.8) is 0 Å². The third-order valence-corrected chi connectivity index (χ3v) is 4.33. The van der Waals surface area contributed by atoms with Crippen LogP contribution in [0, 0.1) is 24.0 Å². The Morgan fingerprint density at radius 3 is 2.48 bits per heavy atom. The van der Waals surface area contributed by atoms with E-state index in [1.807, 2.05) is 13.8 Å². The Bertz CT molecular complexity index is 1220. The number of rotatable bonds is 4. The van der Waals surface area contributed by atoms with Crippen LogP contribution < -0.4 is 16.9 Å². The first kappa shape index (κ1) is 18.1. The first-order valence-electron chi connectivity index (χ1n) is 7.90. The molecule has 138 valence electrons. The van der Waals surface area contributed by atoms with Crippen molar-refractivity contribution in [3.8, 4) is 0 Å². The van der Waals surface area contributed by atoms with Crippen LogP contribution in [0.15, 0.2) is 44.5 Å². The fourth-order valence-corrected chi connectivity index (χ4v) is 2.81. The van der Waals surface area contributed by atoms with E-state index in [0.717, 1.165) is 28.0 Å². The molecular weight excluding hydrogens is 354 g/mol. The monoisotopic (exact) mass is 369 g/mol. The minimum absolute atomic E-state index is 0.161. The average molecular weight is 369 g/mol. The van der Waals surface area contributed by atoms with Crippen LogP contribution in [-0.2, 0) is 6.54 Å². The maximum Gasteiger partial charge on any atom is 0.336 e. The lowest BCUT2D eigenvalue weighted by Gasteiger charge is -2.11. The minimum Gasteiger partial charge on any atom is -0.423 e. The summed E-state index contributed by atoms with van der Waals surface area (Å²) < 4.78 is 6.19. The van der Waals surface area contributed by atoms with Gasteiger partial charge < -0.3 is 14.7 Å². The van der Waals surface area contributed by atoms with Gasteiger partial charge in [0.2, 0.25) is 0 Å². The van der Waals surface area contributed by atoms with E-state index in [1.165, 1.54) is 6.07 Å². The lowest BCUT2D eigenvalue weighted by Crippen LogP contribution is -2.30. The van der Waals surface area contributed by atoms with Crippen LogP contribution in [0.4, 0.5) is 5.69 Å². The Kier molecular flexibility index (Phi) is 4.36. The number of nitrogens with two attached hydrogens (primary N) is 1. The van der Waals surface area contributed by atoms with E-state index in [2.05, 4.69) is 0 Å². The summed E-state index contributed by atoms with van der Waals surface area (Å²) in [4.78, 5) is 46.2. The summed E-state index contributed by atoms with van der Waals surface area (Å²) >= 11 is 0. The molecule has 0 fully saturated rings. The van der Waals surface area contributed by atoms with Gasteiger partial charge in [-0.25, -0.2) is 4.79 Å². The van der Waals surface area contributed by atoms with E-state index in [-0.39, 0.29) is 6.54 Å². The van der Waals surface area contributed by atoms with Crippen molar-refractivity contribution in [2.75, 3.05) is 0 Å². The number of primary amides is 1. The van der Waals surface area contributed by atoms with Gasteiger partial charge in [-0.3, -0.25) is 19.7 Å². The number of carbonyl (C=O) groups excluding carboxylic acids is 1. The fourth-order valence-electron chi connectivity index (χ4n) is 2.81. The second-order valence-corrected chi connectivity index (χ2v) is 6.19. The van der Waals surface area contributed by atoms with E-state index in [9.17, 15) is 24.5 Å². The largest absolute Gasteiger partial charge is 0.423 e. The van der Waals surface area contributed by atoms with Gasteiger partial charge in [0.25, 0.3) is 17.2 Å². The number of hydrogen-bond donors (Lipinski definition) is 1. The Labute approximate surface area is 151 Å². The molecule has 2 aromatic heterocycles. The molecule has 0 bridgehead atoms. The third-order valence-electron chi connectivity index (χ3n) is 4.33. The van der Waals surface area contributed by atoms with E-state index < -0.39 is 33.3 Å². The van der Waals surface area contributed by atoms with Crippen LogP contribution in [0.2, 0.25) is 0 Å². The van der Waals surface area contributed by atoms with Gasteiger partial charge in [0, 0.05) is 17.5 Å². The molecule has 27 heavy (non-hydrogen) atoms. The fraction of sp³-hybridized carbons (Fsp3) is 0.167. The predicted molar refractivity (Wildman–Crippen MR) is 96.9 cm³/mol. The Hall–Kier alpha value is -3.75. The molecule has 0 unspecified atom stereocenters. The third kappa shape index (κ3) is 3.34. The van der Waals surface area contributed by atoms with Crippen LogP contribution >= 0.6 is 0 Å². The molecule has 0 aliphatic carbocycles. The van der Waals surface area contributed by atoms with Crippen molar-refractivity contribution < 1.29 is 14.1 Å². The van der Waals surface area contributed by atoms with Crippen LogP contribution in [0.3, 0.4) is 0 Å². The zero-order valence-electron chi connectivity index (χ0n) is 14.5. The highest BCUT2D eigenvalue weighted by Gasteiger charge is 2.18. The van der Waals surface area contributed by atoms with Crippen molar-refractivity contribution in [1.29, 1.82) is 0 Å². The van der Waals surface area contributed by atoms with E-state index in [4.69, 9.17) is 10.2 Å². The summed E-state index contributed by atoms with van der Waals surface area (Å²) in [5, 5.41) is 11.7. The topological polar surface area (TPSA) is 138 Å². The zero-order chi connectivity index (χ0) is 19.9. The summed E-state index contributed by atoms with van der Waals surface area (Å²) in [6.07, 6.45) is 1.01. The molecule has 0 saturated carbocycles. The number of benzene rings is 1. The number of amides is 1. The van der Waals surface area contributed by atoms with Gasteiger partial charge in [0.15, 0.2) is 0 Å². The van der Waals surface area contributed by atoms with Crippen LogP contribution in [-0.4, -0.2) is 15.4 Å². The number of hydrogen-bond acceptors (Lipinski definition) is 6. The highest BCUT2D eigenvalue weighted by Crippen LogP contribution is 2.22. The van der Waals surface area contributed by atoms with Gasteiger partial charge in [-0.15, -0.1) is 0 Å². The normalized spacial score (nSPS) is 10.9. The van der Waals surface area contributed by atoms with Gasteiger partial charge in [0.1, 0.15) is 11.1 Å². The van der Waals surface area contributed by atoms with Gasteiger partial charge in [-0.05, 0) is 42.7 Å². The van der Waals surface area contributed by atoms with Gasteiger partial charge in [0.05, 0.1) is 17.7 Å². The number of pyridine rings is 1. The second kappa shape index (κ2) is 6.52. The van der Waals surface area contributed by atoms with Crippen LogP contribution in [0.1, 0.15) is 27.0 Å². The van der Waals surface area contributed by atoms with Crippen molar-refractivity contribution in [2.24, 2.45) is 5.73 Å². The molecule has 0 atom stereocenters. The number of carbonyl (C=O) groups is 1. The molecular formula is C18H15N3O6. The summed E-state index contributed by atoms with van der Waals surface area (Å²) in [6, 6.07) is 5.57. The molecule has 0 aliphatic heterocycles. The molecule has 2 N–H and O–H groups in total. The first-order valence-corrected chi connectivity index (χ1v) is 7.90. The Morgan fingerprint density at radius 2 is 1.85 bits per heavy atom. The predicted octanol–water partition coefficient (Wildman–Crippen LogP) is 1.63. The molecule has 1 amide bonds. The summed E-state index contributed by atoms with van der Waals surface area (Å²) in [6.45, 7) is 3.59. The lowest BCUT2D eigenvalue weighted by molar-refractivity contribution is -0.385. The SMILES string of the molecule is Cc1cc2oc(=O)cc(Cn3cc([N+](=O)[O-])cc(C(N)=O)c3=O)c2cc1C. The molecule has 0 spiro atoms. The maximum atomic E-state index is 12.5. The number of aromatic nitrogens is 1. The standard InChI is InChI=1S/C18H15N3O6/c1-9-3-13-11(5-16(22)27-15(13)4-10(9)2)7-20-8-12(21(25)26)6-14(17(19)23)18(20)24/h3-6,8H,7H2,1-2H3,(H2,19,23). The average Bonchev–Trinajstić information content (AvgIpc) is 2.57. The molecule has 3 aromatic rings. The Morgan fingerprint density at radius 1 is 1.19 bits per heavy atom. The smallest absolute Gasteiger partial charge is 0.336 e. The number of fused-ring (bicyclic) bond motifs is 1. The van der Waals surface area contributed by atoms with Gasteiger partial charge in [-0.2, -0.15) is 0 Å². The molecule has 2 heterocycles. The molecule has 9 heteroatoms. The minimum atomic E-state index is -1.07. The van der Waals surface area contributed by atoms with Crippen molar-refractivity contribution >= 4 is 22.6 Å². The zero-order valence-corrected chi connectivity index (χ0v) is 14.5. The molecule has 1 aromatic carbocycles. The molecule has 0 radical (unpaired) electrons. The van der Waals surface area contributed by atoms with Crippen molar-refractivity contribution in [2.45, 2.75) is 20.4 Å². The quantitative estimate of drug-likeness (QED) is 0.421. The van der Waals surface area contributed by atoms with E-state index in [1.54, 1.807) is 12.1 Å². The highest BCUT2D eigenvalue weighted by molar-refractivity contribution is 5.93. The van der Waals surface area contributed by atoms with Gasteiger partial charge >= 0.3 is 5.63 Å². The summed E-state index contributed by atoms with van der Waals surface area (Å²) in [5.74, 6) is -1.07. The van der Waals surface area contributed by atoms with Gasteiger partial charge in [-0.1, -0.05) is 0 Å². The molecule has 9 nitrogen and oxygen atoms in total. The molecule has 0 aliphatic rings. The van der Waals surface area contributed by atoms with Crippen LogP contribution in [0.5, 0.6) is 0 Å². The van der Waals surface area contributed by atoms with Crippen molar-refractivity contribution in [3.05, 3.63) is 83.6 Å². The summed E-state index contributed by atoms with van der Waals surface area (Å²) in [7, 11) is 0.